The van der Waals surface area contributed by atoms with Crippen LogP contribution in [0.4, 0.5) is 16.3 Å². The molecular formula is C15H19N5O2. The molecule has 0 atom stereocenters. The van der Waals surface area contributed by atoms with Crippen molar-refractivity contribution >= 4 is 17.5 Å². The quantitative estimate of drug-likeness (QED) is 0.881. The molecule has 7 nitrogen and oxygen atoms in total. The van der Waals surface area contributed by atoms with Gasteiger partial charge in [-0.05, 0) is 18.2 Å². The molecule has 116 valence electrons. The third kappa shape index (κ3) is 4.34. The number of methoxy groups -OCH3 is 1. The lowest BCUT2D eigenvalue weighted by molar-refractivity contribution is 0.251. The molecular weight excluding hydrogens is 282 g/mol. The minimum atomic E-state index is -0.327. The van der Waals surface area contributed by atoms with E-state index in [1.165, 1.54) is 0 Å². The highest BCUT2D eigenvalue weighted by Crippen LogP contribution is 2.16. The van der Waals surface area contributed by atoms with Gasteiger partial charge in [-0.2, -0.15) is 0 Å². The van der Waals surface area contributed by atoms with Crippen LogP contribution in [0.1, 0.15) is 5.82 Å². The first kappa shape index (κ1) is 15.6. The average Bonchev–Trinajstić information content (AvgIpc) is 2.53. The van der Waals surface area contributed by atoms with Gasteiger partial charge in [-0.1, -0.05) is 6.07 Å². The van der Waals surface area contributed by atoms with E-state index in [0.29, 0.717) is 17.3 Å². The van der Waals surface area contributed by atoms with Crippen molar-refractivity contribution in [1.82, 2.24) is 15.3 Å². The molecule has 1 heterocycles. The van der Waals surface area contributed by atoms with Crippen LogP contribution in [-0.4, -0.2) is 37.2 Å². The zero-order valence-electron chi connectivity index (χ0n) is 12.8. The second-order valence-electron chi connectivity index (χ2n) is 4.77. The lowest BCUT2D eigenvalue weighted by Gasteiger charge is -2.12. The van der Waals surface area contributed by atoms with Gasteiger partial charge in [-0.25, -0.2) is 14.8 Å². The molecule has 0 aliphatic rings. The molecule has 0 spiro atoms. The SMILES string of the molecule is COc1cccc(NC(=O)NCc2nccc(N(C)C)n2)c1. The first-order valence-corrected chi connectivity index (χ1v) is 6.76. The Labute approximate surface area is 129 Å². The van der Waals surface area contributed by atoms with E-state index in [0.717, 1.165) is 5.82 Å². The van der Waals surface area contributed by atoms with E-state index in [1.54, 1.807) is 37.6 Å². The van der Waals surface area contributed by atoms with Crippen molar-refractivity contribution < 1.29 is 9.53 Å². The van der Waals surface area contributed by atoms with E-state index in [4.69, 9.17) is 4.74 Å². The molecule has 2 rings (SSSR count). The molecule has 0 fully saturated rings. The molecule has 1 aromatic heterocycles. The number of rotatable bonds is 5. The number of hydrogen-bond donors (Lipinski definition) is 2. The van der Waals surface area contributed by atoms with Crippen molar-refractivity contribution in [3.63, 3.8) is 0 Å². The summed E-state index contributed by atoms with van der Waals surface area (Å²) in [5.41, 5.74) is 0.653. The number of carbonyl (C=O) groups excluding carboxylic acids is 1. The van der Waals surface area contributed by atoms with Gasteiger partial charge < -0.3 is 20.3 Å². The van der Waals surface area contributed by atoms with Crippen LogP contribution in [0.25, 0.3) is 0 Å². The number of aromatic nitrogens is 2. The highest BCUT2D eigenvalue weighted by Gasteiger charge is 2.05. The summed E-state index contributed by atoms with van der Waals surface area (Å²) in [6.07, 6.45) is 1.67. The van der Waals surface area contributed by atoms with Crippen molar-refractivity contribution in [2.75, 3.05) is 31.4 Å². The van der Waals surface area contributed by atoms with E-state index in [9.17, 15) is 4.79 Å². The van der Waals surface area contributed by atoms with E-state index in [1.807, 2.05) is 25.1 Å². The number of carbonyl (C=O) groups is 1. The first-order valence-electron chi connectivity index (χ1n) is 6.76. The van der Waals surface area contributed by atoms with Crippen LogP contribution in [0.3, 0.4) is 0 Å². The van der Waals surface area contributed by atoms with Crippen LogP contribution >= 0.6 is 0 Å². The molecule has 2 aromatic rings. The fraction of sp³-hybridized carbons (Fsp3) is 0.267. The van der Waals surface area contributed by atoms with Gasteiger partial charge >= 0.3 is 6.03 Å². The van der Waals surface area contributed by atoms with E-state index >= 15 is 0 Å². The van der Waals surface area contributed by atoms with Gasteiger partial charge in [-0.15, -0.1) is 0 Å². The number of nitrogens with one attached hydrogen (secondary N) is 2. The third-order valence-corrected chi connectivity index (χ3v) is 2.88. The standard InChI is InChI=1S/C15H19N5O2/c1-20(2)14-7-8-16-13(19-14)10-17-15(21)18-11-5-4-6-12(9-11)22-3/h4-9H,10H2,1-3H3,(H2,17,18,21). The van der Waals surface area contributed by atoms with E-state index < -0.39 is 0 Å². The van der Waals surface area contributed by atoms with Crippen LogP contribution in [0.2, 0.25) is 0 Å². The maximum Gasteiger partial charge on any atom is 0.319 e. The van der Waals surface area contributed by atoms with Gasteiger partial charge in [0.2, 0.25) is 0 Å². The number of benzene rings is 1. The number of nitrogens with zero attached hydrogens (tertiary/aromatic N) is 3. The Morgan fingerprint density at radius 3 is 2.86 bits per heavy atom. The summed E-state index contributed by atoms with van der Waals surface area (Å²) in [5.74, 6) is 2.02. The predicted octanol–water partition coefficient (Wildman–Crippen LogP) is 1.87. The Morgan fingerprint density at radius 1 is 1.32 bits per heavy atom. The fourth-order valence-corrected chi connectivity index (χ4v) is 1.76. The molecule has 0 saturated carbocycles. The number of hydrogen-bond acceptors (Lipinski definition) is 5. The van der Waals surface area contributed by atoms with Crippen molar-refractivity contribution in [2.24, 2.45) is 0 Å². The van der Waals surface area contributed by atoms with Crippen molar-refractivity contribution in [1.29, 1.82) is 0 Å². The zero-order chi connectivity index (χ0) is 15.9. The molecule has 1 aromatic carbocycles. The summed E-state index contributed by atoms with van der Waals surface area (Å²) in [5, 5.41) is 5.44. The molecule has 2 amide bonds. The molecule has 0 bridgehead atoms. The van der Waals surface area contributed by atoms with Gasteiger partial charge in [0.1, 0.15) is 17.4 Å². The Bertz CT molecular complexity index is 645. The molecule has 0 radical (unpaired) electrons. The Balaban J connectivity index is 1.91. The smallest absolute Gasteiger partial charge is 0.319 e. The van der Waals surface area contributed by atoms with E-state index in [2.05, 4.69) is 20.6 Å². The van der Waals surface area contributed by atoms with Crippen molar-refractivity contribution in [2.45, 2.75) is 6.54 Å². The van der Waals surface area contributed by atoms with Gasteiger partial charge in [0.25, 0.3) is 0 Å². The second-order valence-corrected chi connectivity index (χ2v) is 4.77. The van der Waals surface area contributed by atoms with Crippen LogP contribution in [0.15, 0.2) is 36.5 Å². The third-order valence-electron chi connectivity index (χ3n) is 2.88. The van der Waals surface area contributed by atoms with Crippen molar-refractivity contribution in [3.8, 4) is 5.75 Å². The fourth-order valence-electron chi connectivity index (χ4n) is 1.76. The summed E-state index contributed by atoms with van der Waals surface area (Å²) >= 11 is 0. The summed E-state index contributed by atoms with van der Waals surface area (Å²) < 4.78 is 5.10. The van der Waals surface area contributed by atoms with E-state index in [-0.39, 0.29) is 12.6 Å². The van der Waals surface area contributed by atoms with Crippen LogP contribution in [-0.2, 0) is 6.54 Å². The van der Waals surface area contributed by atoms with Crippen LogP contribution in [0, 0.1) is 0 Å². The number of amides is 2. The number of urea groups is 1. The lowest BCUT2D eigenvalue weighted by Crippen LogP contribution is -2.29. The maximum atomic E-state index is 11.9. The molecule has 22 heavy (non-hydrogen) atoms. The highest BCUT2D eigenvalue weighted by atomic mass is 16.5. The summed E-state index contributed by atoms with van der Waals surface area (Å²) in [6, 6.07) is 8.61. The number of anilines is 2. The van der Waals surface area contributed by atoms with Crippen LogP contribution in [0.5, 0.6) is 5.75 Å². The van der Waals surface area contributed by atoms with Gasteiger partial charge in [-0.3, -0.25) is 0 Å². The largest absolute Gasteiger partial charge is 0.497 e. The van der Waals surface area contributed by atoms with Gasteiger partial charge in [0.05, 0.1) is 13.7 Å². The number of ether oxygens (including phenoxy) is 1. The lowest BCUT2D eigenvalue weighted by atomic mass is 10.3. The normalized spacial score (nSPS) is 9.95. The first-order chi connectivity index (χ1) is 10.6. The molecule has 0 aliphatic heterocycles. The molecule has 0 aliphatic carbocycles. The predicted molar refractivity (Wildman–Crippen MR) is 85.2 cm³/mol. The molecule has 0 unspecified atom stereocenters. The summed E-state index contributed by atoms with van der Waals surface area (Å²) in [4.78, 5) is 22.2. The van der Waals surface area contributed by atoms with Crippen LogP contribution < -0.4 is 20.3 Å². The Kier molecular flexibility index (Phi) is 5.13. The Morgan fingerprint density at radius 2 is 2.14 bits per heavy atom. The maximum absolute atomic E-state index is 11.9. The minimum Gasteiger partial charge on any atom is -0.497 e. The minimum absolute atomic E-state index is 0.248. The summed E-state index contributed by atoms with van der Waals surface area (Å²) in [7, 11) is 5.37. The molecule has 2 N–H and O–H groups in total. The molecule has 7 heteroatoms. The summed E-state index contributed by atoms with van der Waals surface area (Å²) in [6.45, 7) is 0.248. The zero-order valence-corrected chi connectivity index (χ0v) is 12.8. The Hall–Kier alpha value is -2.83. The van der Waals surface area contributed by atoms with Gasteiger partial charge in [0.15, 0.2) is 0 Å². The topological polar surface area (TPSA) is 79.4 Å². The average molecular weight is 301 g/mol. The van der Waals surface area contributed by atoms with Gasteiger partial charge in [0, 0.05) is 32.0 Å². The monoisotopic (exact) mass is 301 g/mol. The second kappa shape index (κ2) is 7.26. The highest BCUT2D eigenvalue weighted by molar-refractivity contribution is 5.89. The van der Waals surface area contributed by atoms with Crippen molar-refractivity contribution in [3.05, 3.63) is 42.4 Å². The molecule has 0 saturated heterocycles.